The Morgan fingerprint density at radius 1 is 1.19 bits per heavy atom. The maximum absolute atomic E-state index is 4.65. The first-order chi connectivity index (χ1) is 7.72. The molecule has 0 saturated heterocycles. The van der Waals surface area contributed by atoms with E-state index >= 15 is 0 Å². The molecule has 1 aromatic heterocycles. The lowest BCUT2D eigenvalue weighted by Gasteiger charge is -2.03. The molecule has 0 aliphatic rings. The molecule has 1 aromatic carbocycles. The van der Waals surface area contributed by atoms with Crippen molar-refractivity contribution in [1.82, 2.24) is 9.78 Å². The van der Waals surface area contributed by atoms with Crippen LogP contribution in [0.5, 0.6) is 0 Å². The predicted octanol–water partition coefficient (Wildman–Crippen LogP) is 3.85. The summed E-state index contributed by atoms with van der Waals surface area (Å²) in [4.78, 5) is 1.24. The minimum absolute atomic E-state index is 0.406. The SMILES string of the molecule is CSc1cn(C(C)C)nc1-c1ccccc1. The second-order valence-electron chi connectivity index (χ2n) is 3.99. The van der Waals surface area contributed by atoms with Crippen molar-refractivity contribution in [2.45, 2.75) is 24.8 Å². The fourth-order valence-electron chi connectivity index (χ4n) is 1.58. The van der Waals surface area contributed by atoms with Crippen LogP contribution in [0.1, 0.15) is 19.9 Å². The predicted molar refractivity (Wildman–Crippen MR) is 69.8 cm³/mol. The Balaban J connectivity index is 2.48. The van der Waals surface area contributed by atoms with Crippen LogP contribution in [0.3, 0.4) is 0 Å². The van der Waals surface area contributed by atoms with Crippen molar-refractivity contribution in [2.24, 2.45) is 0 Å². The summed E-state index contributed by atoms with van der Waals surface area (Å²) >= 11 is 1.75. The second kappa shape index (κ2) is 4.74. The van der Waals surface area contributed by atoms with E-state index in [4.69, 9.17) is 0 Å². The molecule has 0 fully saturated rings. The van der Waals surface area contributed by atoms with Crippen LogP contribution in [0.2, 0.25) is 0 Å². The number of thioether (sulfide) groups is 1. The first-order valence-electron chi connectivity index (χ1n) is 5.41. The fourth-order valence-corrected chi connectivity index (χ4v) is 2.15. The summed E-state index contributed by atoms with van der Waals surface area (Å²) in [6, 6.07) is 10.7. The summed E-state index contributed by atoms with van der Waals surface area (Å²) in [5.74, 6) is 0. The zero-order valence-electron chi connectivity index (χ0n) is 9.84. The molecule has 2 aromatic rings. The van der Waals surface area contributed by atoms with Gasteiger partial charge < -0.3 is 0 Å². The number of aromatic nitrogens is 2. The Morgan fingerprint density at radius 2 is 1.88 bits per heavy atom. The normalized spacial score (nSPS) is 11.0. The van der Waals surface area contributed by atoms with Gasteiger partial charge >= 0.3 is 0 Å². The van der Waals surface area contributed by atoms with Crippen LogP contribution in [0, 0.1) is 0 Å². The molecule has 0 unspecified atom stereocenters. The summed E-state index contributed by atoms with van der Waals surface area (Å²) < 4.78 is 2.02. The minimum atomic E-state index is 0.406. The summed E-state index contributed by atoms with van der Waals surface area (Å²) in [6.07, 6.45) is 4.21. The van der Waals surface area contributed by atoms with Crippen molar-refractivity contribution < 1.29 is 0 Å². The lowest BCUT2D eigenvalue weighted by molar-refractivity contribution is 0.533. The van der Waals surface area contributed by atoms with Crippen LogP contribution in [-0.4, -0.2) is 16.0 Å². The molecule has 0 saturated carbocycles. The lowest BCUT2D eigenvalue weighted by atomic mass is 10.2. The second-order valence-corrected chi connectivity index (χ2v) is 4.83. The monoisotopic (exact) mass is 232 g/mol. The van der Waals surface area contributed by atoms with E-state index in [1.165, 1.54) is 10.5 Å². The Labute approximate surface area is 101 Å². The zero-order chi connectivity index (χ0) is 11.5. The van der Waals surface area contributed by atoms with Crippen molar-refractivity contribution in [3.05, 3.63) is 36.5 Å². The molecule has 0 radical (unpaired) electrons. The molecule has 0 aliphatic heterocycles. The number of hydrogen-bond donors (Lipinski definition) is 0. The van der Waals surface area contributed by atoms with Crippen LogP contribution >= 0.6 is 11.8 Å². The van der Waals surface area contributed by atoms with Crippen LogP contribution in [-0.2, 0) is 0 Å². The smallest absolute Gasteiger partial charge is 0.106 e. The molecule has 1 heterocycles. The van der Waals surface area contributed by atoms with Gasteiger partial charge in [0.2, 0.25) is 0 Å². The van der Waals surface area contributed by atoms with E-state index in [1.807, 2.05) is 22.9 Å². The highest BCUT2D eigenvalue weighted by molar-refractivity contribution is 7.98. The molecular weight excluding hydrogens is 216 g/mol. The van der Waals surface area contributed by atoms with Crippen LogP contribution in [0.15, 0.2) is 41.4 Å². The van der Waals surface area contributed by atoms with Crippen molar-refractivity contribution >= 4 is 11.8 Å². The Bertz CT molecular complexity index is 460. The number of rotatable bonds is 3. The lowest BCUT2D eigenvalue weighted by Crippen LogP contribution is -2.00. The first-order valence-corrected chi connectivity index (χ1v) is 6.63. The van der Waals surface area contributed by atoms with Crippen molar-refractivity contribution in [3.63, 3.8) is 0 Å². The molecule has 0 N–H and O–H groups in total. The maximum atomic E-state index is 4.65. The Hall–Kier alpha value is -1.22. The average Bonchev–Trinajstić information content (AvgIpc) is 2.74. The quantitative estimate of drug-likeness (QED) is 0.748. The number of nitrogens with zero attached hydrogens (tertiary/aromatic N) is 2. The zero-order valence-corrected chi connectivity index (χ0v) is 10.7. The van der Waals surface area contributed by atoms with Crippen LogP contribution < -0.4 is 0 Å². The number of benzene rings is 1. The minimum Gasteiger partial charge on any atom is -0.268 e. The summed E-state index contributed by atoms with van der Waals surface area (Å²) in [5.41, 5.74) is 2.27. The van der Waals surface area contributed by atoms with Gasteiger partial charge in [-0.05, 0) is 20.1 Å². The highest BCUT2D eigenvalue weighted by Gasteiger charge is 2.11. The van der Waals surface area contributed by atoms with Gasteiger partial charge in [-0.2, -0.15) is 5.10 Å². The molecule has 0 amide bonds. The average molecular weight is 232 g/mol. The third kappa shape index (κ3) is 2.14. The molecule has 0 spiro atoms. The van der Waals surface area contributed by atoms with Gasteiger partial charge in [0.1, 0.15) is 5.69 Å². The van der Waals surface area contributed by atoms with E-state index in [0.29, 0.717) is 6.04 Å². The van der Waals surface area contributed by atoms with Gasteiger partial charge in [0, 0.05) is 17.8 Å². The Kier molecular flexibility index (Phi) is 3.34. The molecule has 3 heteroatoms. The van der Waals surface area contributed by atoms with Crippen LogP contribution in [0.4, 0.5) is 0 Å². The maximum Gasteiger partial charge on any atom is 0.106 e. The third-order valence-electron chi connectivity index (χ3n) is 2.49. The Morgan fingerprint density at radius 3 is 2.44 bits per heavy atom. The van der Waals surface area contributed by atoms with Gasteiger partial charge in [-0.25, -0.2) is 0 Å². The van der Waals surface area contributed by atoms with Gasteiger partial charge in [0.25, 0.3) is 0 Å². The molecule has 0 atom stereocenters. The van der Waals surface area contributed by atoms with E-state index in [0.717, 1.165) is 5.69 Å². The summed E-state index contributed by atoms with van der Waals surface area (Å²) in [6.45, 7) is 4.29. The molecule has 84 valence electrons. The number of hydrogen-bond acceptors (Lipinski definition) is 2. The fraction of sp³-hybridized carbons (Fsp3) is 0.308. The van der Waals surface area contributed by atoms with Gasteiger partial charge in [-0.3, -0.25) is 4.68 Å². The van der Waals surface area contributed by atoms with E-state index in [2.05, 4.69) is 43.5 Å². The van der Waals surface area contributed by atoms with Gasteiger partial charge in [-0.15, -0.1) is 11.8 Å². The molecule has 0 aliphatic carbocycles. The molecule has 2 rings (SSSR count). The molecular formula is C13H16N2S. The van der Waals surface area contributed by atoms with Gasteiger partial charge in [-0.1, -0.05) is 30.3 Å². The summed E-state index contributed by atoms with van der Waals surface area (Å²) in [5, 5.41) is 4.65. The van der Waals surface area contributed by atoms with E-state index in [1.54, 1.807) is 11.8 Å². The largest absolute Gasteiger partial charge is 0.268 e. The molecule has 2 nitrogen and oxygen atoms in total. The van der Waals surface area contributed by atoms with Crippen LogP contribution in [0.25, 0.3) is 11.3 Å². The molecule has 0 bridgehead atoms. The molecule has 16 heavy (non-hydrogen) atoms. The topological polar surface area (TPSA) is 17.8 Å². The van der Waals surface area contributed by atoms with E-state index in [-0.39, 0.29) is 0 Å². The van der Waals surface area contributed by atoms with Gasteiger partial charge in [0.15, 0.2) is 0 Å². The van der Waals surface area contributed by atoms with E-state index < -0.39 is 0 Å². The van der Waals surface area contributed by atoms with Crippen molar-refractivity contribution in [1.29, 1.82) is 0 Å². The highest BCUT2D eigenvalue weighted by atomic mass is 32.2. The van der Waals surface area contributed by atoms with E-state index in [9.17, 15) is 0 Å². The highest BCUT2D eigenvalue weighted by Crippen LogP contribution is 2.29. The standard InChI is InChI=1S/C13H16N2S/c1-10(2)15-9-12(16-3)13(14-15)11-7-5-4-6-8-11/h4-10H,1-3H3. The summed E-state index contributed by atoms with van der Waals surface area (Å²) in [7, 11) is 0. The van der Waals surface area contributed by atoms with Crippen molar-refractivity contribution in [2.75, 3.05) is 6.26 Å². The van der Waals surface area contributed by atoms with Crippen molar-refractivity contribution in [3.8, 4) is 11.3 Å². The first kappa shape index (κ1) is 11.3. The third-order valence-corrected chi connectivity index (χ3v) is 3.23. The van der Waals surface area contributed by atoms with Gasteiger partial charge in [0.05, 0.1) is 4.90 Å².